The average molecular weight is 180 g/mol. The molecule has 0 fully saturated rings. The molecule has 0 aromatic rings. The second-order valence-corrected chi connectivity index (χ2v) is 3.06. The van der Waals surface area contributed by atoms with Crippen molar-refractivity contribution >= 4 is 11.8 Å². The van der Waals surface area contributed by atoms with E-state index in [-0.39, 0.29) is 18.4 Å². The smallest absolute Gasteiger partial charge is 0.302 e. The average Bonchev–Trinajstić information content (AvgIpc) is 2.47. The van der Waals surface area contributed by atoms with E-state index in [9.17, 15) is 9.59 Å². The summed E-state index contributed by atoms with van der Waals surface area (Å²) in [4.78, 5) is 21.4. The number of esters is 1. The summed E-state index contributed by atoms with van der Waals surface area (Å²) in [6.45, 7) is 3.51. The van der Waals surface area contributed by atoms with Crippen LogP contribution in [0.3, 0.4) is 0 Å². The minimum Gasteiger partial charge on any atom is -0.461 e. The molecule has 0 bridgehead atoms. The molecule has 1 aliphatic carbocycles. The lowest BCUT2D eigenvalue weighted by Gasteiger charge is -2.04. The van der Waals surface area contributed by atoms with Gasteiger partial charge in [-0.25, -0.2) is 0 Å². The van der Waals surface area contributed by atoms with E-state index in [4.69, 9.17) is 4.74 Å². The normalized spacial score (nSPS) is 19.1. The molecule has 1 rings (SSSR count). The molecule has 3 nitrogen and oxygen atoms in total. The quantitative estimate of drug-likeness (QED) is 0.603. The summed E-state index contributed by atoms with van der Waals surface area (Å²) in [5.41, 5.74) is 1.91. The van der Waals surface area contributed by atoms with Crippen LogP contribution in [0.4, 0.5) is 0 Å². The predicted octanol–water partition coefficient (Wildman–Crippen LogP) is 1.40. The van der Waals surface area contributed by atoms with Gasteiger partial charge in [-0.1, -0.05) is 6.08 Å². The first-order chi connectivity index (χ1) is 6.09. The number of carbonyl (C=O) groups excluding carboxylic acids is 2. The van der Waals surface area contributed by atoms with Crippen molar-refractivity contribution in [3.8, 4) is 0 Å². The van der Waals surface area contributed by atoms with Crippen LogP contribution in [0.2, 0.25) is 0 Å². The molecule has 0 N–H and O–H groups in total. The fraction of sp³-hybridized carbons (Fsp3) is 0.400. The Morgan fingerprint density at radius 3 is 2.62 bits per heavy atom. The van der Waals surface area contributed by atoms with Gasteiger partial charge in [0.25, 0.3) is 0 Å². The fourth-order valence-electron chi connectivity index (χ4n) is 1.09. The highest BCUT2D eigenvalue weighted by Gasteiger charge is 2.11. The molecule has 0 atom stereocenters. The van der Waals surface area contributed by atoms with Crippen LogP contribution >= 0.6 is 0 Å². The van der Waals surface area contributed by atoms with Gasteiger partial charge in [-0.2, -0.15) is 0 Å². The fourth-order valence-corrected chi connectivity index (χ4v) is 1.09. The zero-order chi connectivity index (χ0) is 9.84. The van der Waals surface area contributed by atoms with Crippen molar-refractivity contribution in [2.45, 2.75) is 20.3 Å². The summed E-state index contributed by atoms with van der Waals surface area (Å²) >= 11 is 0. The van der Waals surface area contributed by atoms with E-state index in [0.29, 0.717) is 6.42 Å². The van der Waals surface area contributed by atoms with Gasteiger partial charge in [0, 0.05) is 13.3 Å². The lowest BCUT2D eigenvalue weighted by atomic mass is 10.1. The lowest BCUT2D eigenvalue weighted by molar-refractivity contribution is -0.139. The maximum atomic E-state index is 10.9. The molecule has 0 saturated heterocycles. The van der Waals surface area contributed by atoms with Crippen molar-refractivity contribution < 1.29 is 14.3 Å². The third-order valence-corrected chi connectivity index (χ3v) is 1.88. The lowest BCUT2D eigenvalue weighted by Crippen LogP contribution is -2.03. The van der Waals surface area contributed by atoms with Gasteiger partial charge in [-0.05, 0) is 24.1 Å². The van der Waals surface area contributed by atoms with Crippen LogP contribution in [0.15, 0.2) is 23.3 Å². The molecule has 0 heterocycles. The van der Waals surface area contributed by atoms with Crippen LogP contribution in [-0.2, 0) is 14.3 Å². The second kappa shape index (κ2) is 4.03. The molecule has 0 radical (unpaired) electrons. The molecule has 0 saturated carbocycles. The SMILES string of the molecule is CC(=O)OCC(C)=C1C=CC(=O)C1. The van der Waals surface area contributed by atoms with Gasteiger partial charge in [0.1, 0.15) is 6.61 Å². The van der Waals surface area contributed by atoms with E-state index < -0.39 is 0 Å². The number of rotatable bonds is 2. The zero-order valence-electron chi connectivity index (χ0n) is 7.79. The summed E-state index contributed by atoms with van der Waals surface area (Å²) in [6, 6.07) is 0. The van der Waals surface area contributed by atoms with Gasteiger partial charge < -0.3 is 4.74 Å². The van der Waals surface area contributed by atoms with Crippen LogP contribution in [0, 0.1) is 0 Å². The zero-order valence-corrected chi connectivity index (χ0v) is 7.79. The summed E-state index contributed by atoms with van der Waals surface area (Å²) in [5.74, 6) is -0.189. The topological polar surface area (TPSA) is 43.4 Å². The minimum absolute atomic E-state index is 0.108. The van der Waals surface area contributed by atoms with Gasteiger partial charge in [0.05, 0.1) is 0 Å². The molecule has 0 aliphatic heterocycles. The highest BCUT2D eigenvalue weighted by Crippen LogP contribution is 2.17. The van der Waals surface area contributed by atoms with Crippen LogP contribution < -0.4 is 0 Å². The maximum Gasteiger partial charge on any atom is 0.302 e. The summed E-state index contributed by atoms with van der Waals surface area (Å²) in [5, 5.41) is 0. The van der Waals surface area contributed by atoms with E-state index in [1.807, 2.05) is 6.92 Å². The number of hydrogen-bond donors (Lipinski definition) is 0. The number of carbonyl (C=O) groups is 2. The van der Waals surface area contributed by atoms with E-state index in [2.05, 4.69) is 0 Å². The predicted molar refractivity (Wildman–Crippen MR) is 48.1 cm³/mol. The van der Waals surface area contributed by atoms with Crippen LogP contribution in [0.5, 0.6) is 0 Å². The molecule has 0 aromatic carbocycles. The monoisotopic (exact) mass is 180 g/mol. The Hall–Kier alpha value is -1.38. The molecule has 0 unspecified atom stereocenters. The number of ether oxygens (including phenoxy) is 1. The van der Waals surface area contributed by atoms with Gasteiger partial charge in [0.2, 0.25) is 0 Å². The molecule has 3 heteroatoms. The Labute approximate surface area is 77.1 Å². The maximum absolute atomic E-state index is 10.9. The minimum atomic E-state index is -0.298. The van der Waals surface area contributed by atoms with E-state index in [1.54, 1.807) is 12.2 Å². The van der Waals surface area contributed by atoms with Crippen molar-refractivity contribution in [3.63, 3.8) is 0 Å². The standard InChI is InChI=1S/C10H12O3/c1-7(6-13-8(2)11)9-3-4-10(12)5-9/h3-4H,5-6H2,1-2H3. The first kappa shape index (κ1) is 9.71. The molecule has 0 amide bonds. The van der Waals surface area contributed by atoms with Crippen molar-refractivity contribution in [2.24, 2.45) is 0 Å². The molecule has 0 aromatic heterocycles. The van der Waals surface area contributed by atoms with E-state index in [1.165, 1.54) is 6.92 Å². The van der Waals surface area contributed by atoms with Gasteiger partial charge >= 0.3 is 5.97 Å². The van der Waals surface area contributed by atoms with Crippen LogP contribution in [0.25, 0.3) is 0 Å². The summed E-state index contributed by atoms with van der Waals surface area (Å²) < 4.78 is 4.81. The van der Waals surface area contributed by atoms with Crippen molar-refractivity contribution in [1.82, 2.24) is 0 Å². The molecular weight excluding hydrogens is 168 g/mol. The second-order valence-electron chi connectivity index (χ2n) is 3.06. The Kier molecular flexibility index (Phi) is 3.01. The first-order valence-electron chi connectivity index (χ1n) is 4.12. The van der Waals surface area contributed by atoms with E-state index in [0.717, 1.165) is 11.1 Å². The van der Waals surface area contributed by atoms with E-state index >= 15 is 0 Å². The Morgan fingerprint density at radius 1 is 1.46 bits per heavy atom. The van der Waals surface area contributed by atoms with Crippen LogP contribution in [0.1, 0.15) is 20.3 Å². The molecule has 1 aliphatic rings. The van der Waals surface area contributed by atoms with Crippen LogP contribution in [-0.4, -0.2) is 18.4 Å². The van der Waals surface area contributed by atoms with Crippen molar-refractivity contribution in [1.29, 1.82) is 0 Å². The Morgan fingerprint density at radius 2 is 2.15 bits per heavy atom. The van der Waals surface area contributed by atoms with Gasteiger partial charge in [0.15, 0.2) is 5.78 Å². The largest absolute Gasteiger partial charge is 0.461 e. The first-order valence-corrected chi connectivity index (χ1v) is 4.12. The van der Waals surface area contributed by atoms with Gasteiger partial charge in [-0.3, -0.25) is 9.59 Å². The third-order valence-electron chi connectivity index (χ3n) is 1.88. The van der Waals surface area contributed by atoms with Gasteiger partial charge in [-0.15, -0.1) is 0 Å². The summed E-state index contributed by atoms with van der Waals surface area (Å²) in [7, 11) is 0. The molecular formula is C10H12O3. The number of ketones is 1. The Bertz CT molecular complexity index is 297. The Balaban J connectivity index is 2.55. The highest BCUT2D eigenvalue weighted by molar-refractivity contribution is 5.95. The number of allylic oxidation sites excluding steroid dienone is 3. The van der Waals surface area contributed by atoms with Crippen molar-refractivity contribution in [2.75, 3.05) is 6.61 Å². The molecule has 13 heavy (non-hydrogen) atoms. The molecule has 70 valence electrons. The third kappa shape index (κ3) is 2.86. The van der Waals surface area contributed by atoms with Crippen molar-refractivity contribution in [3.05, 3.63) is 23.3 Å². The highest BCUT2D eigenvalue weighted by atomic mass is 16.5. The molecule has 0 spiro atoms. The summed E-state index contributed by atoms with van der Waals surface area (Å²) in [6.07, 6.45) is 3.76. The number of hydrogen-bond acceptors (Lipinski definition) is 3.